The van der Waals surface area contributed by atoms with Gasteiger partial charge in [0.25, 0.3) is 5.91 Å². The number of nitriles is 1. The highest BCUT2D eigenvalue weighted by Crippen LogP contribution is 2.35. The number of nitrogens with one attached hydrogen (secondary N) is 1. The topological polar surface area (TPSA) is 146 Å². The van der Waals surface area contributed by atoms with E-state index >= 15 is 0 Å². The molecule has 0 heterocycles. The predicted molar refractivity (Wildman–Crippen MR) is 145 cm³/mol. The van der Waals surface area contributed by atoms with Gasteiger partial charge in [-0.3, -0.25) is 4.79 Å². The Balaban J connectivity index is 1.90. The molecule has 3 N–H and O–H groups in total. The fourth-order valence-corrected chi connectivity index (χ4v) is 3.64. The highest BCUT2D eigenvalue weighted by Gasteiger charge is 2.16. The summed E-state index contributed by atoms with van der Waals surface area (Å²) in [4.78, 5) is 35.1. The summed E-state index contributed by atoms with van der Waals surface area (Å²) >= 11 is 0. The lowest BCUT2D eigenvalue weighted by Gasteiger charge is -2.17. The van der Waals surface area contributed by atoms with Crippen molar-refractivity contribution in [1.29, 1.82) is 5.26 Å². The molecule has 0 atom stereocenters. The van der Waals surface area contributed by atoms with Gasteiger partial charge in [-0.05, 0) is 73.0 Å². The number of anilines is 1. The Morgan fingerprint density at radius 3 is 2.33 bits per heavy atom. The number of rotatable bonds is 12. The summed E-state index contributed by atoms with van der Waals surface area (Å²) in [5.41, 5.74) is 2.18. The smallest absolute Gasteiger partial charge is 0.335 e. The summed E-state index contributed by atoms with van der Waals surface area (Å²) in [6.07, 6.45) is 3.49. The summed E-state index contributed by atoms with van der Waals surface area (Å²) in [6.45, 7) is 6.08. The Bertz CT molecular complexity index is 1470. The van der Waals surface area contributed by atoms with E-state index in [2.05, 4.69) is 11.9 Å². The maximum Gasteiger partial charge on any atom is 0.335 e. The zero-order valence-electron chi connectivity index (χ0n) is 21.1. The standard InChI is InChI=1S/C30H26N2O7/c1-3-6-22-13-20(14-24(17-31)28(33)32-25-8-5-7-23(16-25)30(36)37)15-26(38-4-2)27(22)39-18-19-9-11-21(12-10-19)29(34)35/h3,5,7-16H,1,4,6,18H2,2H3,(H,32,33)(H,34,35)(H,36,37)/b24-14-. The van der Waals surface area contributed by atoms with E-state index in [1.165, 1.54) is 42.5 Å². The van der Waals surface area contributed by atoms with Crippen molar-refractivity contribution >= 4 is 29.6 Å². The molecule has 3 aromatic carbocycles. The Kier molecular flexibility index (Phi) is 9.59. The van der Waals surface area contributed by atoms with Gasteiger partial charge in [-0.15, -0.1) is 6.58 Å². The third-order valence-electron chi connectivity index (χ3n) is 5.45. The van der Waals surface area contributed by atoms with Gasteiger partial charge in [-0.25, -0.2) is 9.59 Å². The number of benzene rings is 3. The predicted octanol–water partition coefficient (Wildman–Crippen LogP) is 5.33. The number of hydrogen-bond acceptors (Lipinski definition) is 6. The van der Waals surface area contributed by atoms with Crippen molar-refractivity contribution in [3.63, 3.8) is 0 Å². The van der Waals surface area contributed by atoms with E-state index in [1.807, 2.05) is 13.0 Å². The van der Waals surface area contributed by atoms with Crippen molar-refractivity contribution in [2.75, 3.05) is 11.9 Å². The molecule has 198 valence electrons. The van der Waals surface area contributed by atoms with E-state index in [-0.39, 0.29) is 29.0 Å². The molecule has 1 amide bonds. The first kappa shape index (κ1) is 28.2. The molecular weight excluding hydrogens is 500 g/mol. The first-order chi connectivity index (χ1) is 18.7. The number of nitrogens with zero attached hydrogens (tertiary/aromatic N) is 1. The lowest BCUT2D eigenvalue weighted by Crippen LogP contribution is -2.14. The maximum absolute atomic E-state index is 12.8. The third kappa shape index (κ3) is 7.57. The molecule has 0 aliphatic carbocycles. The Morgan fingerprint density at radius 1 is 1.00 bits per heavy atom. The van der Waals surface area contributed by atoms with Crippen LogP contribution in [-0.4, -0.2) is 34.7 Å². The molecule has 9 nitrogen and oxygen atoms in total. The van der Waals surface area contributed by atoms with Gasteiger partial charge in [-0.1, -0.05) is 24.3 Å². The third-order valence-corrected chi connectivity index (χ3v) is 5.45. The van der Waals surface area contributed by atoms with Gasteiger partial charge in [0.1, 0.15) is 18.2 Å². The highest BCUT2D eigenvalue weighted by atomic mass is 16.5. The Labute approximate surface area is 225 Å². The number of carboxylic acid groups (broad SMARTS) is 2. The zero-order chi connectivity index (χ0) is 28.4. The van der Waals surface area contributed by atoms with Crippen LogP contribution >= 0.6 is 0 Å². The lowest BCUT2D eigenvalue weighted by molar-refractivity contribution is -0.112. The van der Waals surface area contributed by atoms with Crippen LogP contribution in [0, 0.1) is 11.3 Å². The quantitative estimate of drug-likeness (QED) is 0.163. The molecule has 0 aliphatic heterocycles. The normalized spacial score (nSPS) is 10.7. The fourth-order valence-electron chi connectivity index (χ4n) is 3.64. The van der Waals surface area contributed by atoms with Crippen LogP contribution in [0.5, 0.6) is 11.5 Å². The van der Waals surface area contributed by atoms with Crippen LogP contribution in [0.2, 0.25) is 0 Å². The second kappa shape index (κ2) is 13.3. The molecule has 0 unspecified atom stereocenters. The average Bonchev–Trinajstić information content (AvgIpc) is 2.92. The fraction of sp³-hybridized carbons (Fsp3) is 0.133. The van der Waals surface area contributed by atoms with Gasteiger partial charge < -0.3 is 25.0 Å². The maximum atomic E-state index is 12.8. The number of carboxylic acids is 2. The first-order valence-corrected chi connectivity index (χ1v) is 11.9. The van der Waals surface area contributed by atoms with Crippen LogP contribution in [0.3, 0.4) is 0 Å². The molecular formula is C30H26N2O7. The summed E-state index contributed by atoms with van der Waals surface area (Å²) < 4.78 is 11.9. The molecule has 0 bridgehead atoms. The molecule has 0 aliphatic rings. The van der Waals surface area contributed by atoms with Crippen LogP contribution in [0.15, 0.2) is 78.9 Å². The number of ether oxygens (including phenoxy) is 2. The average molecular weight is 527 g/mol. The van der Waals surface area contributed by atoms with Gasteiger partial charge in [-0.2, -0.15) is 5.26 Å². The number of hydrogen-bond donors (Lipinski definition) is 3. The van der Waals surface area contributed by atoms with Gasteiger partial charge in [0.05, 0.1) is 17.7 Å². The largest absolute Gasteiger partial charge is 0.490 e. The van der Waals surface area contributed by atoms with E-state index in [4.69, 9.17) is 19.7 Å². The van der Waals surface area contributed by atoms with Crippen LogP contribution in [0.25, 0.3) is 6.08 Å². The van der Waals surface area contributed by atoms with Crippen LogP contribution in [0.4, 0.5) is 5.69 Å². The second-order valence-corrected chi connectivity index (χ2v) is 8.23. The number of amides is 1. The molecule has 0 aromatic heterocycles. The van der Waals surface area contributed by atoms with Crippen molar-refractivity contribution in [2.45, 2.75) is 20.0 Å². The molecule has 9 heteroatoms. The van der Waals surface area contributed by atoms with E-state index in [0.717, 1.165) is 5.56 Å². The minimum Gasteiger partial charge on any atom is -0.490 e. The molecule has 3 aromatic rings. The van der Waals surface area contributed by atoms with Gasteiger partial charge in [0.2, 0.25) is 0 Å². The van der Waals surface area contributed by atoms with E-state index in [1.54, 1.807) is 30.3 Å². The molecule has 0 saturated carbocycles. The van der Waals surface area contributed by atoms with Gasteiger partial charge in [0.15, 0.2) is 11.5 Å². The van der Waals surface area contributed by atoms with E-state index in [9.17, 15) is 19.6 Å². The summed E-state index contributed by atoms with van der Waals surface area (Å²) in [7, 11) is 0. The number of carbonyl (C=O) groups excluding carboxylic acids is 1. The van der Waals surface area contributed by atoms with Crippen LogP contribution in [-0.2, 0) is 17.8 Å². The number of carbonyl (C=O) groups is 3. The molecule has 39 heavy (non-hydrogen) atoms. The number of aromatic carboxylic acids is 2. The monoisotopic (exact) mass is 526 g/mol. The minimum absolute atomic E-state index is 0.000808. The minimum atomic E-state index is -1.14. The summed E-state index contributed by atoms with van der Waals surface area (Å²) in [5.74, 6) is -1.99. The second-order valence-electron chi connectivity index (χ2n) is 8.23. The van der Waals surface area contributed by atoms with Gasteiger partial charge in [0, 0.05) is 11.3 Å². The van der Waals surface area contributed by atoms with Crippen molar-refractivity contribution < 1.29 is 34.1 Å². The number of allylic oxidation sites excluding steroid dienone is 1. The van der Waals surface area contributed by atoms with Crippen LogP contribution in [0.1, 0.15) is 44.3 Å². The van der Waals surface area contributed by atoms with Crippen LogP contribution < -0.4 is 14.8 Å². The van der Waals surface area contributed by atoms with Gasteiger partial charge >= 0.3 is 11.9 Å². The highest BCUT2D eigenvalue weighted by molar-refractivity contribution is 6.10. The Hall–Kier alpha value is -5.36. The molecule has 0 fully saturated rings. The van der Waals surface area contributed by atoms with Crippen molar-refractivity contribution in [1.82, 2.24) is 0 Å². The molecule has 0 radical (unpaired) electrons. The summed E-state index contributed by atoms with van der Waals surface area (Å²) in [5, 5.41) is 30.5. The molecule has 0 spiro atoms. The summed E-state index contributed by atoms with van der Waals surface area (Å²) in [6, 6.07) is 17.3. The van der Waals surface area contributed by atoms with E-state index < -0.39 is 17.8 Å². The molecule has 0 saturated heterocycles. The zero-order valence-corrected chi connectivity index (χ0v) is 21.1. The van der Waals surface area contributed by atoms with Crippen molar-refractivity contribution in [2.24, 2.45) is 0 Å². The molecule has 3 rings (SSSR count). The SMILES string of the molecule is C=CCc1cc(/C=C(/C#N)C(=O)Nc2cccc(C(=O)O)c2)cc(OCC)c1OCc1ccc(C(=O)O)cc1. The lowest BCUT2D eigenvalue weighted by atomic mass is 10.0. The van der Waals surface area contributed by atoms with Crippen molar-refractivity contribution in [3.05, 3.63) is 107 Å². The van der Waals surface area contributed by atoms with Crippen molar-refractivity contribution in [3.8, 4) is 17.6 Å². The Morgan fingerprint density at radius 2 is 1.72 bits per heavy atom. The van der Waals surface area contributed by atoms with E-state index in [0.29, 0.717) is 35.7 Å². The first-order valence-electron chi connectivity index (χ1n) is 11.9.